The fraction of sp³-hybridized carbons (Fsp3) is 0. The molecule has 66 heavy (non-hydrogen) atoms. The molecule has 10 heteroatoms. The van der Waals surface area contributed by atoms with Crippen LogP contribution < -0.4 is 54.1 Å². The number of hydrogen-bond acceptors (Lipinski definition) is 1. The Hall–Kier alpha value is -6.90. The van der Waals surface area contributed by atoms with E-state index in [1.807, 2.05) is 0 Å². The maximum Gasteiger partial charge on any atom is 0.142 e. The minimum absolute atomic E-state index is 1.12. The van der Waals surface area contributed by atoms with Gasteiger partial charge in [-0.15, -0.1) is 10.9 Å². The second-order valence-electron chi connectivity index (χ2n) is 18.7. The molecular weight excluding hydrogens is 784 g/mol. The molecule has 0 atom stereocenters. The Morgan fingerprint density at radius 3 is 1.47 bits per heavy atom. The van der Waals surface area contributed by atoms with E-state index in [2.05, 4.69) is 245 Å². The lowest BCUT2D eigenvalue weighted by Gasteiger charge is -2.33. The summed E-state index contributed by atoms with van der Waals surface area (Å²) in [4.78, 5) is 2.58. The molecule has 11 aromatic carbocycles. The van der Waals surface area contributed by atoms with Gasteiger partial charge in [-0.1, -0.05) is 172 Å². The van der Waals surface area contributed by atoms with Gasteiger partial charge in [0.05, 0.1) is 0 Å². The van der Waals surface area contributed by atoms with Crippen LogP contribution in [0.25, 0.3) is 87.2 Å². The summed E-state index contributed by atoms with van der Waals surface area (Å²) in [5, 5.41) is 13.1. The van der Waals surface area contributed by atoms with Gasteiger partial charge in [-0.05, 0) is 124 Å². The lowest BCUT2D eigenvalue weighted by Crippen LogP contribution is -2.51. The van der Waals surface area contributed by atoms with Gasteiger partial charge in [0, 0.05) is 17.1 Å². The Morgan fingerprint density at radius 1 is 0.258 bits per heavy atom. The van der Waals surface area contributed by atoms with Crippen molar-refractivity contribution in [2.24, 2.45) is 0 Å². The predicted octanol–water partition coefficient (Wildman–Crippen LogP) is 0.249. The van der Waals surface area contributed by atoms with Crippen molar-refractivity contribution in [2.45, 2.75) is 0 Å². The molecule has 0 aliphatic heterocycles. The summed E-state index contributed by atoms with van der Waals surface area (Å²) in [6.07, 6.45) is 0. The van der Waals surface area contributed by atoms with E-state index in [9.17, 15) is 0 Å². The van der Waals surface area contributed by atoms with Crippen LogP contribution in [0.4, 0.5) is 17.1 Å². The number of benzene rings is 11. The van der Waals surface area contributed by atoms with Gasteiger partial charge in [-0.25, -0.2) is 0 Å². The number of hydrogen-bond donors (Lipinski definition) is 0. The van der Waals surface area contributed by atoms with E-state index < -0.39 is 0 Å². The van der Waals surface area contributed by atoms with E-state index in [4.69, 9.17) is 0 Å². The smallest absolute Gasteiger partial charge is 0.142 e. The molecule has 302 valence electrons. The lowest BCUT2D eigenvalue weighted by atomic mass is 9.59. The summed E-state index contributed by atoms with van der Waals surface area (Å²) in [5.74, 6) is 0. The highest BCUT2D eigenvalue weighted by atomic mass is 15.1. The molecule has 0 spiro atoms. The summed E-state index contributed by atoms with van der Waals surface area (Å²) in [7, 11) is 21.1. The number of rotatable bonds is 6. The molecule has 0 heterocycles. The van der Waals surface area contributed by atoms with Gasteiger partial charge in [-0.2, -0.15) is 0 Å². The van der Waals surface area contributed by atoms with Crippen molar-refractivity contribution in [1.82, 2.24) is 0 Å². The predicted molar refractivity (Wildman–Crippen MR) is 319 cm³/mol. The molecule has 0 aliphatic rings. The molecule has 0 fully saturated rings. The first-order valence-corrected chi connectivity index (χ1v) is 23.4. The molecule has 11 aromatic rings. The molecule has 0 saturated heterocycles. The van der Waals surface area contributed by atoms with Gasteiger partial charge in [0.2, 0.25) is 0 Å². The zero-order chi connectivity index (χ0) is 45.5. The zero-order valence-electron chi connectivity index (χ0n) is 39.6. The van der Waals surface area contributed by atoms with E-state index in [0.29, 0.717) is 0 Å². The fourth-order valence-corrected chi connectivity index (χ4v) is 11.4. The Labute approximate surface area is 396 Å². The van der Waals surface area contributed by atoms with E-state index in [0.717, 1.165) is 11.4 Å². The first-order valence-electron chi connectivity index (χ1n) is 23.4. The highest BCUT2D eigenvalue weighted by Gasteiger charge is 2.26. The van der Waals surface area contributed by atoms with Crippen molar-refractivity contribution in [1.29, 1.82) is 0 Å². The zero-order valence-corrected chi connectivity index (χ0v) is 39.6. The number of nitrogens with zero attached hydrogens (tertiary/aromatic N) is 1. The maximum atomic E-state index is 2.58. The summed E-state index contributed by atoms with van der Waals surface area (Å²) in [5.41, 5.74) is 22.9. The van der Waals surface area contributed by atoms with Crippen molar-refractivity contribution in [3.8, 4) is 33.4 Å². The van der Waals surface area contributed by atoms with Gasteiger partial charge >= 0.3 is 0 Å². The average Bonchev–Trinajstić information content (AvgIpc) is 3.36. The Balaban J connectivity index is 1.25. The minimum atomic E-state index is 1.12. The van der Waals surface area contributed by atoms with Crippen molar-refractivity contribution >= 4 is 191 Å². The van der Waals surface area contributed by atoms with Gasteiger partial charge in [0.1, 0.15) is 70.6 Å². The van der Waals surface area contributed by atoms with Gasteiger partial charge in [-0.3, -0.25) is 0 Å². The topological polar surface area (TPSA) is 3.24 Å². The summed E-state index contributed by atoms with van der Waals surface area (Å²) < 4.78 is 0. The van der Waals surface area contributed by atoms with Crippen LogP contribution in [0.5, 0.6) is 0 Å². The molecule has 0 amide bonds. The molecular formula is C56H46B9N. The van der Waals surface area contributed by atoms with E-state index in [1.165, 1.54) is 142 Å². The van der Waals surface area contributed by atoms with Crippen molar-refractivity contribution in [3.63, 3.8) is 0 Å². The van der Waals surface area contributed by atoms with E-state index in [1.54, 1.807) is 0 Å². The van der Waals surface area contributed by atoms with Crippen LogP contribution in [0.15, 0.2) is 170 Å². The largest absolute Gasteiger partial charge is 0.312 e. The fourth-order valence-electron chi connectivity index (χ4n) is 11.4. The first kappa shape index (κ1) is 41.8. The van der Waals surface area contributed by atoms with Gasteiger partial charge in [0.25, 0.3) is 0 Å². The molecule has 0 aliphatic carbocycles. The standard InChI is InChI=1S/C56H46B9N/c57-47-43-44-46(49(59)48(58)45(43)50(60)54(64)53(47)63)51(61)55(65)56(52(44)62)66(35-23-21-31(22-24-35)38-20-10-15-30-13-4-6-16-37(30)38)36-26-33(29-11-2-1-3-12-29)25-34(27-36)42-28-32-14-5-7-17-39(32)40-18-8-9-19-41(40)42/h1-28H,57-65H2. The first-order chi connectivity index (χ1) is 32.0. The third kappa shape index (κ3) is 6.51. The monoisotopic (exact) mass is 831 g/mol. The number of anilines is 3. The van der Waals surface area contributed by atoms with Crippen molar-refractivity contribution in [3.05, 3.63) is 170 Å². The normalized spacial score (nSPS) is 11.6. The Bertz CT molecular complexity index is 3810. The van der Waals surface area contributed by atoms with Crippen LogP contribution in [0.3, 0.4) is 0 Å². The molecule has 0 bridgehead atoms. The second kappa shape index (κ2) is 16.2. The van der Waals surface area contributed by atoms with Crippen LogP contribution in [-0.2, 0) is 0 Å². The average molecular weight is 830 g/mol. The molecule has 11 rings (SSSR count). The Kier molecular flexibility index (Phi) is 10.3. The summed E-state index contributed by atoms with van der Waals surface area (Å²) in [6, 6.07) is 63.0. The summed E-state index contributed by atoms with van der Waals surface area (Å²) >= 11 is 0. The van der Waals surface area contributed by atoms with Gasteiger partial charge < -0.3 is 4.90 Å². The molecule has 0 saturated carbocycles. The van der Waals surface area contributed by atoms with Crippen molar-refractivity contribution in [2.75, 3.05) is 4.90 Å². The van der Waals surface area contributed by atoms with Crippen LogP contribution in [-0.4, -0.2) is 70.6 Å². The SMILES string of the molecule is Bc1c(B)c(B)c2c(c1B)c(B)c(B)c1c(B)c(B)c(N(c3ccc(-c4cccc5ccccc45)cc3)c3cc(-c4ccccc4)cc(-c4cc5ccccc5c5ccccc45)c3)c(B)c12. The third-order valence-corrected chi connectivity index (χ3v) is 15.3. The van der Waals surface area contributed by atoms with Crippen molar-refractivity contribution < 1.29 is 0 Å². The quantitative estimate of drug-likeness (QED) is 0.172. The maximum absolute atomic E-state index is 2.58. The second-order valence-corrected chi connectivity index (χ2v) is 18.7. The van der Waals surface area contributed by atoms with Crippen LogP contribution in [0.2, 0.25) is 0 Å². The molecule has 0 radical (unpaired) electrons. The van der Waals surface area contributed by atoms with E-state index >= 15 is 0 Å². The van der Waals surface area contributed by atoms with E-state index in [-0.39, 0.29) is 0 Å². The van der Waals surface area contributed by atoms with Gasteiger partial charge in [0.15, 0.2) is 0 Å². The third-order valence-electron chi connectivity index (χ3n) is 15.3. The molecule has 0 unspecified atom stereocenters. The van der Waals surface area contributed by atoms with Crippen LogP contribution >= 0.6 is 0 Å². The van der Waals surface area contributed by atoms with Crippen LogP contribution in [0, 0.1) is 0 Å². The Morgan fingerprint density at radius 2 is 0.773 bits per heavy atom. The molecule has 0 N–H and O–H groups in total. The number of fused-ring (bicyclic) bond motifs is 7. The highest BCUT2D eigenvalue weighted by molar-refractivity contribution is 6.74. The van der Waals surface area contributed by atoms with Crippen LogP contribution in [0.1, 0.15) is 0 Å². The highest BCUT2D eigenvalue weighted by Crippen LogP contribution is 2.43. The summed E-state index contributed by atoms with van der Waals surface area (Å²) in [6.45, 7) is 0. The molecule has 1 nitrogen and oxygen atoms in total. The minimum Gasteiger partial charge on any atom is -0.312 e. The lowest BCUT2D eigenvalue weighted by molar-refractivity contribution is 1.31. The molecule has 0 aromatic heterocycles.